The number of rotatable bonds is 5. The molecule has 2 rings (SSSR count). The number of nitrogens with zero attached hydrogens (tertiary/aromatic N) is 3. The fourth-order valence-corrected chi connectivity index (χ4v) is 3.56. The summed E-state index contributed by atoms with van der Waals surface area (Å²) in [5.74, 6) is -0.710. The number of hydrogen-bond acceptors (Lipinski definition) is 5. The van der Waals surface area contributed by atoms with E-state index in [1.165, 1.54) is 41.4 Å². The SMILES string of the molecule is CCN(C(C)=O)c1nc(/C=C(\C#N)C(=O)c2c(Cl)cccc2Cl)cs1. The molecule has 0 bridgehead atoms. The lowest BCUT2D eigenvalue weighted by Crippen LogP contribution is -2.27. The summed E-state index contributed by atoms with van der Waals surface area (Å²) in [5, 5.41) is 11.9. The number of carbonyl (C=O) groups is 2. The van der Waals surface area contributed by atoms with Crippen molar-refractivity contribution in [1.29, 1.82) is 5.26 Å². The molecule has 0 spiro atoms. The van der Waals surface area contributed by atoms with E-state index in [0.717, 1.165) is 0 Å². The highest BCUT2D eigenvalue weighted by molar-refractivity contribution is 7.14. The van der Waals surface area contributed by atoms with Gasteiger partial charge in [-0.1, -0.05) is 29.3 Å². The average molecular weight is 394 g/mol. The number of allylic oxidation sites excluding steroid dienone is 1. The third-order valence-electron chi connectivity index (χ3n) is 3.28. The Hall–Kier alpha value is -2.20. The molecule has 1 amide bonds. The Balaban J connectivity index is 2.39. The smallest absolute Gasteiger partial charge is 0.225 e. The van der Waals surface area contributed by atoms with Crippen LogP contribution in [0.3, 0.4) is 0 Å². The lowest BCUT2D eigenvalue weighted by Gasteiger charge is -2.14. The van der Waals surface area contributed by atoms with E-state index in [1.807, 2.05) is 13.0 Å². The zero-order chi connectivity index (χ0) is 18.6. The van der Waals surface area contributed by atoms with Gasteiger partial charge in [-0.05, 0) is 25.1 Å². The number of Topliss-reactive ketones (excluding diaryl/α,β-unsaturated/α-hetero) is 1. The molecule has 0 atom stereocenters. The van der Waals surface area contributed by atoms with Crippen LogP contribution in [-0.2, 0) is 4.79 Å². The topological polar surface area (TPSA) is 74.1 Å². The van der Waals surface area contributed by atoms with Gasteiger partial charge in [-0.2, -0.15) is 5.26 Å². The minimum Gasteiger partial charge on any atom is -0.289 e. The molecule has 0 fully saturated rings. The second-order valence-electron chi connectivity index (χ2n) is 4.91. The van der Waals surface area contributed by atoms with E-state index in [0.29, 0.717) is 17.4 Å². The Bertz CT molecular complexity index is 879. The van der Waals surface area contributed by atoms with Crippen molar-refractivity contribution < 1.29 is 9.59 Å². The van der Waals surface area contributed by atoms with Crippen LogP contribution in [0.2, 0.25) is 10.0 Å². The molecule has 0 aliphatic carbocycles. The summed E-state index contributed by atoms with van der Waals surface area (Å²) in [6, 6.07) is 6.53. The number of ketones is 1. The minimum absolute atomic E-state index is 0.0769. The fourth-order valence-electron chi connectivity index (χ4n) is 2.10. The summed E-state index contributed by atoms with van der Waals surface area (Å²) >= 11 is 13.3. The van der Waals surface area contributed by atoms with Crippen molar-refractivity contribution in [3.05, 3.63) is 50.5 Å². The van der Waals surface area contributed by atoms with Crippen molar-refractivity contribution in [2.75, 3.05) is 11.4 Å². The first kappa shape index (κ1) is 19.1. The van der Waals surface area contributed by atoms with Crippen LogP contribution in [0.15, 0.2) is 29.2 Å². The molecule has 25 heavy (non-hydrogen) atoms. The largest absolute Gasteiger partial charge is 0.289 e. The van der Waals surface area contributed by atoms with Crippen LogP contribution in [0.25, 0.3) is 6.08 Å². The first-order valence-corrected chi connectivity index (χ1v) is 8.86. The average Bonchev–Trinajstić information content (AvgIpc) is 3.00. The van der Waals surface area contributed by atoms with Crippen molar-refractivity contribution >= 4 is 57.4 Å². The van der Waals surface area contributed by atoms with E-state index < -0.39 is 5.78 Å². The van der Waals surface area contributed by atoms with Crippen LogP contribution in [0.1, 0.15) is 29.9 Å². The van der Waals surface area contributed by atoms with Gasteiger partial charge in [0.05, 0.1) is 21.3 Å². The molecule has 0 unspecified atom stereocenters. The number of anilines is 1. The summed E-state index contributed by atoms with van der Waals surface area (Å²) in [5.41, 5.74) is 0.346. The van der Waals surface area contributed by atoms with Crippen LogP contribution in [0.4, 0.5) is 5.13 Å². The summed E-state index contributed by atoms with van der Waals surface area (Å²) in [6.45, 7) is 3.76. The molecule has 0 N–H and O–H groups in total. The maximum atomic E-state index is 12.6. The van der Waals surface area contributed by atoms with Gasteiger partial charge in [0.15, 0.2) is 5.13 Å². The van der Waals surface area contributed by atoms with Gasteiger partial charge < -0.3 is 0 Å². The van der Waals surface area contributed by atoms with E-state index in [4.69, 9.17) is 23.2 Å². The molecule has 0 saturated heterocycles. The van der Waals surface area contributed by atoms with Gasteiger partial charge in [0.25, 0.3) is 0 Å². The summed E-state index contributed by atoms with van der Waals surface area (Å²) < 4.78 is 0. The van der Waals surface area contributed by atoms with Gasteiger partial charge >= 0.3 is 0 Å². The molecule has 1 heterocycles. The Morgan fingerprint density at radius 2 is 2.00 bits per heavy atom. The van der Waals surface area contributed by atoms with Crippen molar-refractivity contribution in [1.82, 2.24) is 4.98 Å². The molecule has 0 aliphatic rings. The molecule has 1 aromatic heterocycles. The number of hydrogen-bond donors (Lipinski definition) is 0. The standard InChI is InChI=1S/C17H13Cl2N3O2S/c1-3-22(10(2)23)17-21-12(9-25-17)7-11(8-20)16(24)15-13(18)5-4-6-14(15)19/h4-7,9H,3H2,1-2H3/b11-7+. The summed E-state index contributed by atoms with van der Waals surface area (Å²) in [4.78, 5) is 29.9. The molecule has 0 radical (unpaired) electrons. The Morgan fingerprint density at radius 3 is 2.52 bits per heavy atom. The number of halogens is 2. The second-order valence-corrected chi connectivity index (χ2v) is 6.56. The third kappa shape index (κ3) is 4.26. The van der Waals surface area contributed by atoms with E-state index in [1.54, 1.807) is 11.4 Å². The lowest BCUT2D eigenvalue weighted by atomic mass is 10.0. The van der Waals surface area contributed by atoms with Gasteiger partial charge in [0.1, 0.15) is 11.6 Å². The molecule has 0 aliphatic heterocycles. The molecule has 8 heteroatoms. The molecule has 128 valence electrons. The molecule has 2 aromatic rings. The predicted octanol–water partition coefficient (Wildman–Crippen LogP) is 4.61. The zero-order valence-corrected chi connectivity index (χ0v) is 15.7. The Morgan fingerprint density at radius 1 is 1.36 bits per heavy atom. The number of aromatic nitrogens is 1. The monoisotopic (exact) mass is 393 g/mol. The molecular formula is C17H13Cl2N3O2S. The van der Waals surface area contributed by atoms with Gasteiger partial charge in [-0.15, -0.1) is 11.3 Å². The molecule has 0 saturated carbocycles. The van der Waals surface area contributed by atoms with Crippen LogP contribution in [0, 0.1) is 11.3 Å². The highest BCUT2D eigenvalue weighted by Gasteiger charge is 2.20. The first-order valence-electron chi connectivity index (χ1n) is 7.23. The summed E-state index contributed by atoms with van der Waals surface area (Å²) in [7, 11) is 0. The van der Waals surface area contributed by atoms with Crippen LogP contribution in [0.5, 0.6) is 0 Å². The van der Waals surface area contributed by atoms with Crippen LogP contribution >= 0.6 is 34.5 Å². The fraction of sp³-hybridized carbons (Fsp3) is 0.176. The highest BCUT2D eigenvalue weighted by atomic mass is 35.5. The molecule has 5 nitrogen and oxygen atoms in total. The molecular weight excluding hydrogens is 381 g/mol. The van der Waals surface area contributed by atoms with Crippen LogP contribution in [-0.4, -0.2) is 23.2 Å². The number of benzene rings is 1. The number of nitriles is 1. The van der Waals surface area contributed by atoms with Gasteiger partial charge in [-0.3, -0.25) is 14.5 Å². The van der Waals surface area contributed by atoms with E-state index >= 15 is 0 Å². The quantitative estimate of drug-likeness (QED) is 0.422. The van der Waals surface area contributed by atoms with E-state index in [2.05, 4.69) is 4.98 Å². The maximum Gasteiger partial charge on any atom is 0.225 e. The Labute approximate surface area is 159 Å². The van der Waals surface area contributed by atoms with Crippen molar-refractivity contribution in [3.63, 3.8) is 0 Å². The normalized spacial score (nSPS) is 11.1. The van der Waals surface area contributed by atoms with E-state index in [9.17, 15) is 14.9 Å². The van der Waals surface area contributed by atoms with Crippen molar-refractivity contribution in [3.8, 4) is 6.07 Å². The number of carbonyl (C=O) groups excluding carboxylic acids is 2. The third-order valence-corrected chi connectivity index (χ3v) is 4.80. The highest BCUT2D eigenvalue weighted by Crippen LogP contribution is 2.28. The predicted molar refractivity (Wildman–Crippen MR) is 100 cm³/mol. The van der Waals surface area contributed by atoms with Crippen LogP contribution < -0.4 is 4.90 Å². The van der Waals surface area contributed by atoms with Gasteiger partial charge in [0, 0.05) is 18.8 Å². The number of amides is 1. The lowest BCUT2D eigenvalue weighted by molar-refractivity contribution is -0.116. The van der Waals surface area contributed by atoms with Gasteiger partial charge in [0.2, 0.25) is 11.7 Å². The number of thiazole rings is 1. The van der Waals surface area contributed by atoms with Gasteiger partial charge in [-0.25, -0.2) is 4.98 Å². The zero-order valence-electron chi connectivity index (χ0n) is 13.4. The Kier molecular flexibility index (Phi) is 6.32. The second kappa shape index (κ2) is 8.26. The minimum atomic E-state index is -0.577. The summed E-state index contributed by atoms with van der Waals surface area (Å²) in [6.07, 6.45) is 1.36. The first-order chi connectivity index (χ1) is 11.9. The van der Waals surface area contributed by atoms with Crippen molar-refractivity contribution in [2.45, 2.75) is 13.8 Å². The van der Waals surface area contributed by atoms with Crippen molar-refractivity contribution in [2.24, 2.45) is 0 Å². The van der Waals surface area contributed by atoms with E-state index in [-0.39, 0.29) is 27.1 Å². The maximum absolute atomic E-state index is 12.6. The molecule has 1 aromatic carbocycles.